The van der Waals surface area contributed by atoms with Gasteiger partial charge >= 0.3 is 0 Å². The van der Waals surface area contributed by atoms with Gasteiger partial charge in [-0.15, -0.1) is 0 Å². The van der Waals surface area contributed by atoms with Crippen molar-refractivity contribution >= 4 is 0 Å². The predicted molar refractivity (Wildman–Crippen MR) is 79.8 cm³/mol. The number of rotatable bonds is 4. The molecule has 0 bridgehead atoms. The molecule has 2 aromatic rings. The molecule has 0 amide bonds. The average molecular weight is 238 g/mol. The maximum absolute atomic E-state index is 2.29. The predicted octanol–water partition coefficient (Wildman–Crippen LogP) is 5.25. The first-order valence-corrected chi connectivity index (χ1v) is 6.82. The molecule has 0 saturated carbocycles. The molecule has 0 aliphatic heterocycles. The van der Waals surface area contributed by atoms with Crippen LogP contribution < -0.4 is 0 Å². The van der Waals surface area contributed by atoms with Gasteiger partial charge in [0.1, 0.15) is 0 Å². The van der Waals surface area contributed by atoms with Gasteiger partial charge in [-0.2, -0.15) is 0 Å². The Morgan fingerprint density at radius 1 is 0.889 bits per heavy atom. The van der Waals surface area contributed by atoms with Crippen molar-refractivity contribution in [2.45, 2.75) is 33.6 Å². The summed E-state index contributed by atoms with van der Waals surface area (Å²) in [6.45, 7) is 6.82. The minimum atomic E-state index is 0.768. The van der Waals surface area contributed by atoms with Crippen LogP contribution in [0.25, 0.3) is 11.1 Å². The van der Waals surface area contributed by atoms with E-state index in [1.54, 1.807) is 0 Å². The van der Waals surface area contributed by atoms with E-state index in [-0.39, 0.29) is 0 Å². The van der Waals surface area contributed by atoms with Gasteiger partial charge < -0.3 is 0 Å². The minimum Gasteiger partial charge on any atom is -0.0628 e. The Morgan fingerprint density at radius 2 is 1.61 bits per heavy atom. The summed E-state index contributed by atoms with van der Waals surface area (Å²) in [7, 11) is 0. The Morgan fingerprint density at radius 3 is 2.28 bits per heavy atom. The third-order valence-electron chi connectivity index (χ3n) is 3.52. The molecule has 0 nitrogen and oxygen atoms in total. The molecular weight excluding hydrogens is 216 g/mol. The van der Waals surface area contributed by atoms with Gasteiger partial charge in [-0.05, 0) is 47.9 Å². The van der Waals surface area contributed by atoms with E-state index < -0.39 is 0 Å². The highest BCUT2D eigenvalue weighted by Gasteiger charge is 2.06. The van der Waals surface area contributed by atoms with Gasteiger partial charge in [0.2, 0.25) is 0 Å². The monoisotopic (exact) mass is 238 g/mol. The molecule has 0 aliphatic carbocycles. The van der Waals surface area contributed by atoms with Crippen LogP contribution in [-0.2, 0) is 6.42 Å². The zero-order chi connectivity index (χ0) is 13.0. The smallest absolute Gasteiger partial charge is 0.0152 e. The quantitative estimate of drug-likeness (QED) is 0.682. The summed E-state index contributed by atoms with van der Waals surface area (Å²) in [5, 5.41) is 0. The molecule has 0 spiro atoms. The minimum absolute atomic E-state index is 0.768. The molecule has 0 aromatic heterocycles. The van der Waals surface area contributed by atoms with Crippen LogP contribution in [0, 0.1) is 12.8 Å². The molecule has 18 heavy (non-hydrogen) atoms. The molecule has 0 aliphatic rings. The number of hydrogen-bond acceptors (Lipinski definition) is 0. The first-order valence-electron chi connectivity index (χ1n) is 6.82. The highest BCUT2D eigenvalue weighted by atomic mass is 14.1. The summed E-state index contributed by atoms with van der Waals surface area (Å²) >= 11 is 0. The molecular formula is C18H22. The highest BCUT2D eigenvalue weighted by Crippen LogP contribution is 2.26. The fourth-order valence-electron chi connectivity index (χ4n) is 2.33. The molecule has 0 saturated heterocycles. The zero-order valence-corrected chi connectivity index (χ0v) is 11.6. The maximum atomic E-state index is 2.29. The van der Waals surface area contributed by atoms with Crippen molar-refractivity contribution in [3.05, 3.63) is 59.7 Å². The van der Waals surface area contributed by atoms with Crippen molar-refractivity contribution in [3.8, 4) is 11.1 Å². The first-order chi connectivity index (χ1) is 8.68. The molecule has 2 rings (SSSR count). The van der Waals surface area contributed by atoms with E-state index in [4.69, 9.17) is 0 Å². The van der Waals surface area contributed by atoms with Gasteiger partial charge in [0.25, 0.3) is 0 Å². The molecule has 2 aromatic carbocycles. The van der Waals surface area contributed by atoms with Crippen LogP contribution in [0.15, 0.2) is 48.5 Å². The van der Waals surface area contributed by atoms with Crippen LogP contribution >= 0.6 is 0 Å². The molecule has 0 radical (unpaired) electrons. The summed E-state index contributed by atoms with van der Waals surface area (Å²) in [5.74, 6) is 0.768. The van der Waals surface area contributed by atoms with E-state index in [2.05, 4.69) is 69.3 Å². The van der Waals surface area contributed by atoms with E-state index in [1.165, 1.54) is 35.1 Å². The fraction of sp³-hybridized carbons (Fsp3) is 0.333. The van der Waals surface area contributed by atoms with Crippen molar-refractivity contribution in [1.29, 1.82) is 0 Å². The van der Waals surface area contributed by atoms with Crippen LogP contribution in [-0.4, -0.2) is 0 Å². The lowest BCUT2D eigenvalue weighted by Crippen LogP contribution is -1.96. The van der Waals surface area contributed by atoms with Gasteiger partial charge in [-0.1, -0.05) is 62.4 Å². The molecule has 0 fully saturated rings. The molecule has 0 heteroatoms. The summed E-state index contributed by atoms with van der Waals surface area (Å²) in [6, 6.07) is 17.3. The summed E-state index contributed by atoms with van der Waals surface area (Å²) in [6.07, 6.45) is 2.45. The average Bonchev–Trinajstić information content (AvgIpc) is 2.38. The van der Waals surface area contributed by atoms with Crippen molar-refractivity contribution < 1.29 is 0 Å². The number of aryl methyl sites for hydroxylation is 1. The Labute approximate surface area is 111 Å². The topological polar surface area (TPSA) is 0 Å². The second-order valence-corrected chi connectivity index (χ2v) is 5.39. The van der Waals surface area contributed by atoms with E-state index >= 15 is 0 Å². The van der Waals surface area contributed by atoms with Crippen molar-refractivity contribution in [1.82, 2.24) is 0 Å². The normalized spacial score (nSPS) is 10.9. The lowest BCUT2D eigenvalue weighted by Gasteiger charge is -2.12. The van der Waals surface area contributed by atoms with Gasteiger partial charge in [-0.3, -0.25) is 0 Å². The number of benzene rings is 2. The lowest BCUT2D eigenvalue weighted by atomic mass is 9.93. The van der Waals surface area contributed by atoms with Crippen LogP contribution in [0.4, 0.5) is 0 Å². The van der Waals surface area contributed by atoms with E-state index in [1.807, 2.05) is 0 Å². The molecule has 0 unspecified atom stereocenters. The summed E-state index contributed by atoms with van der Waals surface area (Å²) in [4.78, 5) is 0. The second kappa shape index (κ2) is 5.86. The second-order valence-electron chi connectivity index (χ2n) is 5.39. The van der Waals surface area contributed by atoms with Crippen LogP contribution in [0.3, 0.4) is 0 Å². The van der Waals surface area contributed by atoms with E-state index in [0.717, 1.165) is 5.92 Å². The van der Waals surface area contributed by atoms with E-state index in [0.29, 0.717) is 0 Å². The molecule has 0 atom stereocenters. The van der Waals surface area contributed by atoms with Gasteiger partial charge in [-0.25, -0.2) is 0 Å². The Bertz CT molecular complexity index is 495. The summed E-state index contributed by atoms with van der Waals surface area (Å²) in [5.41, 5.74) is 5.62. The zero-order valence-electron chi connectivity index (χ0n) is 11.6. The third-order valence-corrected chi connectivity index (χ3v) is 3.52. The largest absolute Gasteiger partial charge is 0.0628 e. The van der Waals surface area contributed by atoms with Crippen molar-refractivity contribution in [2.75, 3.05) is 0 Å². The third kappa shape index (κ3) is 3.01. The van der Waals surface area contributed by atoms with Gasteiger partial charge in [0.05, 0.1) is 0 Å². The SMILES string of the molecule is Cc1c(CCC(C)C)cccc1-c1ccccc1. The fourth-order valence-corrected chi connectivity index (χ4v) is 2.33. The van der Waals surface area contributed by atoms with Crippen LogP contribution in [0.5, 0.6) is 0 Å². The van der Waals surface area contributed by atoms with Crippen LogP contribution in [0.2, 0.25) is 0 Å². The molecule has 94 valence electrons. The van der Waals surface area contributed by atoms with Gasteiger partial charge in [0, 0.05) is 0 Å². The Kier molecular flexibility index (Phi) is 4.19. The standard InChI is InChI=1S/C18H22/c1-14(2)12-13-16-10-7-11-18(15(16)3)17-8-5-4-6-9-17/h4-11,14H,12-13H2,1-3H3. The van der Waals surface area contributed by atoms with Crippen molar-refractivity contribution in [2.24, 2.45) is 5.92 Å². The Balaban J connectivity index is 2.30. The van der Waals surface area contributed by atoms with E-state index in [9.17, 15) is 0 Å². The molecule has 0 heterocycles. The van der Waals surface area contributed by atoms with Crippen LogP contribution in [0.1, 0.15) is 31.4 Å². The maximum Gasteiger partial charge on any atom is -0.0152 e. The van der Waals surface area contributed by atoms with Crippen molar-refractivity contribution in [3.63, 3.8) is 0 Å². The number of hydrogen-bond donors (Lipinski definition) is 0. The van der Waals surface area contributed by atoms with Gasteiger partial charge in [0.15, 0.2) is 0 Å². The Hall–Kier alpha value is -1.56. The highest BCUT2D eigenvalue weighted by molar-refractivity contribution is 5.68. The first kappa shape index (κ1) is 12.9. The lowest BCUT2D eigenvalue weighted by molar-refractivity contribution is 0.586. The summed E-state index contributed by atoms with van der Waals surface area (Å²) < 4.78 is 0. The molecule has 0 N–H and O–H groups in total.